The van der Waals surface area contributed by atoms with Gasteiger partial charge in [-0.05, 0) is 12.5 Å². The summed E-state index contributed by atoms with van der Waals surface area (Å²) >= 11 is 1.19. The molecule has 9 nitrogen and oxygen atoms in total. The average Bonchev–Trinajstić information content (AvgIpc) is 2.83. The fourth-order valence-corrected chi connectivity index (χ4v) is 4.52. The van der Waals surface area contributed by atoms with Gasteiger partial charge in [-0.25, -0.2) is 14.8 Å². The molecule has 34 heavy (non-hydrogen) atoms. The number of para-hydroxylation sites is 1. The Hall–Kier alpha value is -3.14. The number of aryl methyl sites for hydroxylation is 1. The van der Waals surface area contributed by atoms with Gasteiger partial charge >= 0.3 is 5.69 Å². The zero-order valence-electron chi connectivity index (χ0n) is 20.5. The number of hydrogen-bond acceptors (Lipinski definition) is 7. The van der Waals surface area contributed by atoms with E-state index in [2.05, 4.69) is 9.97 Å². The molecule has 0 atom stereocenters. The van der Waals surface area contributed by atoms with Crippen molar-refractivity contribution in [3.8, 4) is 5.75 Å². The van der Waals surface area contributed by atoms with Crippen LogP contribution in [0.5, 0.6) is 5.75 Å². The van der Waals surface area contributed by atoms with Gasteiger partial charge in [0.05, 0.1) is 12.9 Å². The molecule has 0 unspecified atom stereocenters. The molecule has 2 aromatic heterocycles. The van der Waals surface area contributed by atoms with Crippen LogP contribution in [0, 0.1) is 0 Å². The standard InChI is InChI=1S/C24H31N5O4S/c1-7-12-29-21-19(23(31)28(5)24(29)32)22(26-20(25-21)15(2)3)34-14-18(30)27(4)13-16-10-8-9-11-17(16)33-6/h8-11,15H,7,12-14H2,1-6H3. The topological polar surface area (TPSA) is 99.3 Å². The van der Waals surface area contributed by atoms with Crippen LogP contribution in [0.15, 0.2) is 38.9 Å². The van der Waals surface area contributed by atoms with E-state index >= 15 is 0 Å². The van der Waals surface area contributed by atoms with Crippen molar-refractivity contribution < 1.29 is 9.53 Å². The largest absolute Gasteiger partial charge is 0.496 e. The lowest BCUT2D eigenvalue weighted by Gasteiger charge is -2.19. The number of aromatic nitrogens is 4. The van der Waals surface area contributed by atoms with Gasteiger partial charge in [-0.2, -0.15) is 0 Å². The lowest BCUT2D eigenvalue weighted by molar-refractivity contribution is -0.127. The predicted octanol–water partition coefficient (Wildman–Crippen LogP) is 2.78. The van der Waals surface area contributed by atoms with Gasteiger partial charge in [0.1, 0.15) is 22.0 Å². The molecular formula is C24H31N5O4S. The second kappa shape index (κ2) is 10.9. The minimum absolute atomic E-state index is 0.0121. The Balaban J connectivity index is 1.96. The molecule has 0 aliphatic heterocycles. The summed E-state index contributed by atoms with van der Waals surface area (Å²) in [6.45, 7) is 6.68. The van der Waals surface area contributed by atoms with Gasteiger partial charge in [0.25, 0.3) is 5.56 Å². The van der Waals surface area contributed by atoms with E-state index in [-0.39, 0.29) is 23.0 Å². The molecule has 0 aliphatic carbocycles. The summed E-state index contributed by atoms with van der Waals surface area (Å²) in [6.07, 6.45) is 0.711. The van der Waals surface area contributed by atoms with Crippen molar-refractivity contribution in [3.05, 3.63) is 56.5 Å². The highest BCUT2D eigenvalue weighted by Crippen LogP contribution is 2.26. The molecule has 182 valence electrons. The van der Waals surface area contributed by atoms with Gasteiger partial charge in [-0.3, -0.25) is 18.7 Å². The second-order valence-corrected chi connectivity index (χ2v) is 9.35. The van der Waals surface area contributed by atoms with Crippen LogP contribution in [-0.4, -0.2) is 49.8 Å². The Morgan fingerprint density at radius 1 is 1.21 bits per heavy atom. The maximum Gasteiger partial charge on any atom is 0.332 e. The summed E-state index contributed by atoms with van der Waals surface area (Å²) < 4.78 is 7.98. The van der Waals surface area contributed by atoms with E-state index in [4.69, 9.17) is 4.74 Å². The van der Waals surface area contributed by atoms with Gasteiger partial charge in [-0.1, -0.05) is 50.7 Å². The Labute approximate surface area is 202 Å². The molecule has 1 amide bonds. The van der Waals surface area contributed by atoms with Crippen molar-refractivity contribution >= 4 is 28.7 Å². The Morgan fingerprint density at radius 3 is 2.56 bits per heavy atom. The van der Waals surface area contributed by atoms with Gasteiger partial charge in [0.15, 0.2) is 5.65 Å². The van der Waals surface area contributed by atoms with Gasteiger partial charge in [-0.15, -0.1) is 0 Å². The molecular weight excluding hydrogens is 454 g/mol. The summed E-state index contributed by atoms with van der Waals surface area (Å²) in [4.78, 5) is 49.5. The van der Waals surface area contributed by atoms with E-state index in [9.17, 15) is 14.4 Å². The molecule has 3 rings (SSSR count). The van der Waals surface area contributed by atoms with Crippen molar-refractivity contribution in [1.29, 1.82) is 0 Å². The van der Waals surface area contributed by atoms with E-state index in [1.165, 1.54) is 23.4 Å². The molecule has 0 radical (unpaired) electrons. The summed E-state index contributed by atoms with van der Waals surface area (Å²) in [5, 5.41) is 0.684. The monoisotopic (exact) mass is 485 g/mol. The predicted molar refractivity (Wildman–Crippen MR) is 134 cm³/mol. The van der Waals surface area contributed by atoms with Gasteiger partial charge in [0, 0.05) is 38.7 Å². The fraction of sp³-hybridized carbons (Fsp3) is 0.458. The van der Waals surface area contributed by atoms with Gasteiger partial charge < -0.3 is 9.64 Å². The number of fused-ring (bicyclic) bond motifs is 1. The lowest BCUT2D eigenvalue weighted by atomic mass is 10.2. The Kier molecular flexibility index (Phi) is 8.14. The minimum atomic E-state index is -0.458. The van der Waals surface area contributed by atoms with Crippen molar-refractivity contribution in [2.24, 2.45) is 7.05 Å². The summed E-state index contributed by atoms with van der Waals surface area (Å²) in [5.41, 5.74) is 0.361. The second-order valence-electron chi connectivity index (χ2n) is 8.39. The first-order valence-corrected chi connectivity index (χ1v) is 12.2. The summed E-state index contributed by atoms with van der Waals surface area (Å²) in [7, 11) is 4.78. The number of rotatable bonds is 9. The van der Waals surface area contributed by atoms with E-state index in [1.54, 1.807) is 19.1 Å². The van der Waals surface area contributed by atoms with Crippen LogP contribution >= 0.6 is 11.8 Å². The quantitative estimate of drug-likeness (QED) is 0.339. The van der Waals surface area contributed by atoms with Crippen molar-refractivity contribution in [3.63, 3.8) is 0 Å². The van der Waals surface area contributed by atoms with Gasteiger partial charge in [0.2, 0.25) is 5.91 Å². The Morgan fingerprint density at radius 2 is 1.91 bits per heavy atom. The van der Waals surface area contributed by atoms with E-state index in [0.29, 0.717) is 36.0 Å². The Bertz CT molecular complexity index is 1320. The van der Waals surface area contributed by atoms with Crippen LogP contribution in [0.2, 0.25) is 0 Å². The van der Waals surface area contributed by atoms with E-state index < -0.39 is 11.2 Å². The number of amides is 1. The van der Waals surface area contributed by atoms with Crippen LogP contribution in [-0.2, 0) is 24.9 Å². The number of thioether (sulfide) groups is 1. The van der Waals surface area contributed by atoms with Crippen molar-refractivity contribution in [2.75, 3.05) is 19.9 Å². The van der Waals surface area contributed by atoms with Crippen LogP contribution in [0.4, 0.5) is 0 Å². The lowest BCUT2D eigenvalue weighted by Crippen LogP contribution is -2.39. The van der Waals surface area contributed by atoms with Crippen LogP contribution < -0.4 is 16.0 Å². The molecule has 0 saturated heterocycles. The third kappa shape index (κ3) is 5.16. The molecule has 2 heterocycles. The molecule has 0 fully saturated rings. The molecule has 0 bridgehead atoms. The molecule has 1 aromatic carbocycles. The fourth-order valence-electron chi connectivity index (χ4n) is 3.56. The maximum atomic E-state index is 13.0. The van der Waals surface area contributed by atoms with Crippen molar-refractivity contribution in [1.82, 2.24) is 24.0 Å². The smallest absolute Gasteiger partial charge is 0.332 e. The molecule has 0 spiro atoms. The number of benzene rings is 1. The first kappa shape index (κ1) is 25.5. The van der Waals surface area contributed by atoms with E-state index in [1.807, 2.05) is 45.0 Å². The van der Waals surface area contributed by atoms with Crippen molar-refractivity contribution in [2.45, 2.75) is 51.2 Å². The average molecular weight is 486 g/mol. The zero-order chi connectivity index (χ0) is 25.0. The third-order valence-corrected chi connectivity index (χ3v) is 6.45. The molecule has 0 saturated carbocycles. The highest BCUT2D eigenvalue weighted by molar-refractivity contribution is 8.00. The summed E-state index contributed by atoms with van der Waals surface area (Å²) in [5.74, 6) is 1.21. The molecule has 0 aliphatic rings. The number of carbonyl (C=O) groups is 1. The number of nitrogens with zero attached hydrogens (tertiary/aromatic N) is 5. The molecule has 3 aromatic rings. The SMILES string of the molecule is CCCn1c(=O)n(C)c(=O)c2c(SCC(=O)N(C)Cc3ccccc3OC)nc(C(C)C)nc21. The minimum Gasteiger partial charge on any atom is -0.496 e. The highest BCUT2D eigenvalue weighted by Gasteiger charge is 2.21. The first-order chi connectivity index (χ1) is 16.2. The van der Waals surface area contributed by atoms with Crippen LogP contribution in [0.25, 0.3) is 11.0 Å². The number of carbonyl (C=O) groups excluding carboxylic acids is 1. The number of hydrogen-bond donors (Lipinski definition) is 0. The normalized spacial score (nSPS) is 11.3. The first-order valence-electron chi connectivity index (χ1n) is 11.2. The zero-order valence-corrected chi connectivity index (χ0v) is 21.3. The van der Waals surface area contributed by atoms with E-state index in [0.717, 1.165) is 15.9 Å². The van der Waals surface area contributed by atoms with Crippen LogP contribution in [0.1, 0.15) is 44.5 Å². The highest BCUT2D eigenvalue weighted by atomic mass is 32.2. The molecule has 10 heteroatoms. The molecule has 0 N–H and O–H groups in total. The van der Waals surface area contributed by atoms with Crippen LogP contribution in [0.3, 0.4) is 0 Å². The maximum absolute atomic E-state index is 13.0. The number of methoxy groups -OCH3 is 1. The summed E-state index contributed by atoms with van der Waals surface area (Å²) in [6, 6.07) is 7.55. The number of ether oxygens (including phenoxy) is 1. The third-order valence-electron chi connectivity index (χ3n) is 5.49.